The third kappa shape index (κ3) is 2.54. The third-order valence-corrected chi connectivity index (χ3v) is 4.26. The van der Waals surface area contributed by atoms with Crippen LogP contribution in [0.4, 0.5) is 5.82 Å². The van der Waals surface area contributed by atoms with Gasteiger partial charge < -0.3 is 15.2 Å². The molecule has 1 aromatic heterocycles. The van der Waals surface area contributed by atoms with Crippen molar-refractivity contribution in [3.63, 3.8) is 0 Å². The van der Waals surface area contributed by atoms with Crippen molar-refractivity contribution in [3.8, 4) is 40.0 Å². The number of aromatic nitrogens is 1. The first-order chi connectivity index (χ1) is 12.2. The van der Waals surface area contributed by atoms with Gasteiger partial charge in [0.2, 0.25) is 6.79 Å². The number of hydrogen-bond donors (Lipinski definition) is 1. The molecule has 5 nitrogen and oxygen atoms in total. The molecule has 2 N–H and O–H groups in total. The van der Waals surface area contributed by atoms with E-state index in [1.165, 1.54) is 0 Å². The van der Waals surface area contributed by atoms with Gasteiger partial charge in [0.05, 0.1) is 5.69 Å². The number of anilines is 1. The van der Waals surface area contributed by atoms with Crippen LogP contribution in [-0.4, -0.2) is 11.8 Å². The van der Waals surface area contributed by atoms with Gasteiger partial charge >= 0.3 is 0 Å². The minimum Gasteiger partial charge on any atom is -0.454 e. The van der Waals surface area contributed by atoms with Crippen LogP contribution in [0.5, 0.6) is 11.5 Å². The van der Waals surface area contributed by atoms with Crippen molar-refractivity contribution < 1.29 is 9.47 Å². The van der Waals surface area contributed by atoms with Crippen molar-refractivity contribution in [2.24, 2.45) is 0 Å². The van der Waals surface area contributed by atoms with Gasteiger partial charge in [0.25, 0.3) is 0 Å². The third-order valence-electron chi connectivity index (χ3n) is 4.26. The Balaban J connectivity index is 1.92. The largest absolute Gasteiger partial charge is 0.454 e. The number of nitrogen functional groups attached to an aromatic ring is 1. The highest BCUT2D eigenvalue weighted by Gasteiger charge is 2.18. The molecule has 0 saturated carbocycles. The number of benzene rings is 2. The van der Waals surface area contributed by atoms with Crippen molar-refractivity contribution >= 4 is 5.82 Å². The molecule has 0 unspecified atom stereocenters. The number of pyridine rings is 1. The molecule has 0 atom stereocenters. The van der Waals surface area contributed by atoms with Crippen LogP contribution in [0.15, 0.2) is 48.5 Å². The summed E-state index contributed by atoms with van der Waals surface area (Å²) in [6.07, 6.45) is 0. The summed E-state index contributed by atoms with van der Waals surface area (Å²) in [5.74, 6) is 1.58. The molecule has 0 amide bonds. The Morgan fingerprint density at radius 1 is 1.04 bits per heavy atom. The molecule has 2 heterocycles. The lowest BCUT2D eigenvalue weighted by atomic mass is 9.97. The van der Waals surface area contributed by atoms with E-state index in [0.29, 0.717) is 17.1 Å². The molecule has 0 fully saturated rings. The molecule has 1 aliphatic rings. The van der Waals surface area contributed by atoms with Crippen LogP contribution in [0.1, 0.15) is 11.1 Å². The molecule has 0 saturated heterocycles. The maximum Gasteiger partial charge on any atom is 0.231 e. The van der Waals surface area contributed by atoms with Crippen molar-refractivity contribution in [1.29, 1.82) is 5.26 Å². The SMILES string of the molecule is Cc1ccccc1-c1cc(-c2ccc3c(c2)OCO3)c(C#N)c(N)n1. The van der Waals surface area contributed by atoms with Gasteiger partial charge in [0.15, 0.2) is 11.5 Å². The molecule has 5 heteroatoms. The Labute approximate surface area is 145 Å². The standard InChI is InChI=1S/C20H15N3O2/c1-12-4-2-3-5-14(12)17-9-15(16(10-21)20(22)23-17)13-6-7-18-19(8-13)25-11-24-18/h2-9H,11H2,1H3,(H2,22,23). The summed E-state index contributed by atoms with van der Waals surface area (Å²) in [4.78, 5) is 4.43. The van der Waals surface area contributed by atoms with Crippen LogP contribution >= 0.6 is 0 Å². The number of ether oxygens (including phenoxy) is 2. The maximum absolute atomic E-state index is 9.54. The van der Waals surface area contributed by atoms with E-state index in [-0.39, 0.29) is 12.6 Å². The van der Waals surface area contributed by atoms with Gasteiger partial charge in [0.1, 0.15) is 17.5 Å². The normalized spacial score (nSPS) is 12.0. The van der Waals surface area contributed by atoms with Crippen molar-refractivity contribution in [1.82, 2.24) is 4.98 Å². The van der Waals surface area contributed by atoms with E-state index in [1.54, 1.807) is 0 Å². The quantitative estimate of drug-likeness (QED) is 0.771. The lowest BCUT2D eigenvalue weighted by molar-refractivity contribution is 0.174. The topological polar surface area (TPSA) is 81.2 Å². The monoisotopic (exact) mass is 329 g/mol. The van der Waals surface area contributed by atoms with E-state index in [1.807, 2.05) is 55.5 Å². The fraction of sp³-hybridized carbons (Fsp3) is 0.100. The molecular weight excluding hydrogens is 314 g/mol. The molecule has 3 aromatic rings. The highest BCUT2D eigenvalue weighted by Crippen LogP contribution is 2.38. The summed E-state index contributed by atoms with van der Waals surface area (Å²) >= 11 is 0. The predicted molar refractivity (Wildman–Crippen MR) is 95.1 cm³/mol. The average molecular weight is 329 g/mol. The zero-order valence-electron chi connectivity index (χ0n) is 13.6. The van der Waals surface area contributed by atoms with E-state index in [9.17, 15) is 5.26 Å². The number of nitriles is 1. The van der Waals surface area contributed by atoms with Crippen LogP contribution < -0.4 is 15.2 Å². The second-order valence-corrected chi connectivity index (χ2v) is 5.81. The van der Waals surface area contributed by atoms with Crippen molar-refractivity contribution in [2.45, 2.75) is 6.92 Å². The van der Waals surface area contributed by atoms with Crippen LogP contribution in [0.25, 0.3) is 22.4 Å². The molecule has 122 valence electrons. The molecule has 0 bridgehead atoms. The van der Waals surface area contributed by atoms with E-state index in [0.717, 1.165) is 27.9 Å². The number of nitrogens with two attached hydrogens (primary N) is 1. The highest BCUT2D eigenvalue weighted by molar-refractivity contribution is 5.81. The lowest BCUT2D eigenvalue weighted by Crippen LogP contribution is -2.00. The summed E-state index contributed by atoms with van der Waals surface area (Å²) in [7, 11) is 0. The fourth-order valence-corrected chi connectivity index (χ4v) is 2.97. The summed E-state index contributed by atoms with van der Waals surface area (Å²) in [5.41, 5.74) is 10.8. The molecule has 2 aromatic carbocycles. The first kappa shape index (κ1) is 15.0. The number of fused-ring (bicyclic) bond motifs is 1. The summed E-state index contributed by atoms with van der Waals surface area (Å²) in [6.45, 7) is 2.22. The van der Waals surface area contributed by atoms with Crippen molar-refractivity contribution in [3.05, 3.63) is 59.7 Å². The molecule has 0 radical (unpaired) electrons. The van der Waals surface area contributed by atoms with Crippen LogP contribution in [0.3, 0.4) is 0 Å². The smallest absolute Gasteiger partial charge is 0.231 e. The average Bonchev–Trinajstić information content (AvgIpc) is 3.09. The van der Waals surface area contributed by atoms with E-state index in [2.05, 4.69) is 11.1 Å². The van der Waals surface area contributed by atoms with Gasteiger partial charge in [-0.2, -0.15) is 5.26 Å². The zero-order chi connectivity index (χ0) is 17.4. The molecule has 0 aliphatic carbocycles. The van der Waals surface area contributed by atoms with Gasteiger partial charge in [-0.1, -0.05) is 30.3 Å². The molecule has 0 spiro atoms. The lowest BCUT2D eigenvalue weighted by Gasteiger charge is -2.12. The number of aryl methyl sites for hydroxylation is 1. The van der Waals surface area contributed by atoms with Gasteiger partial charge in [0, 0.05) is 11.1 Å². The zero-order valence-corrected chi connectivity index (χ0v) is 13.6. The Kier molecular flexibility index (Phi) is 3.51. The van der Waals surface area contributed by atoms with Crippen molar-refractivity contribution in [2.75, 3.05) is 12.5 Å². The minimum absolute atomic E-state index is 0.205. The molecular formula is C20H15N3O2. The number of nitrogens with zero attached hydrogens (tertiary/aromatic N) is 2. The number of rotatable bonds is 2. The van der Waals surface area contributed by atoms with Gasteiger partial charge in [-0.3, -0.25) is 0 Å². The van der Waals surface area contributed by atoms with Gasteiger partial charge in [-0.25, -0.2) is 4.98 Å². The second kappa shape index (κ2) is 5.84. The van der Waals surface area contributed by atoms with E-state index < -0.39 is 0 Å². The van der Waals surface area contributed by atoms with E-state index in [4.69, 9.17) is 15.2 Å². The summed E-state index contributed by atoms with van der Waals surface area (Å²) in [6, 6.07) is 17.6. The van der Waals surface area contributed by atoms with E-state index >= 15 is 0 Å². The summed E-state index contributed by atoms with van der Waals surface area (Å²) in [5, 5.41) is 9.54. The fourth-order valence-electron chi connectivity index (χ4n) is 2.97. The van der Waals surface area contributed by atoms with Crippen LogP contribution in [0, 0.1) is 18.3 Å². The first-order valence-electron chi connectivity index (χ1n) is 7.84. The predicted octanol–water partition coefficient (Wildman–Crippen LogP) is 3.91. The molecule has 1 aliphatic heterocycles. The Hall–Kier alpha value is -3.52. The highest BCUT2D eigenvalue weighted by atomic mass is 16.7. The Morgan fingerprint density at radius 2 is 1.84 bits per heavy atom. The van der Waals surface area contributed by atoms with Gasteiger partial charge in [-0.15, -0.1) is 0 Å². The Bertz CT molecular complexity index is 1020. The summed E-state index contributed by atoms with van der Waals surface area (Å²) < 4.78 is 10.8. The molecule has 25 heavy (non-hydrogen) atoms. The molecule has 4 rings (SSSR count). The van der Waals surface area contributed by atoms with Crippen LogP contribution in [0.2, 0.25) is 0 Å². The van der Waals surface area contributed by atoms with Crippen LogP contribution in [-0.2, 0) is 0 Å². The second-order valence-electron chi connectivity index (χ2n) is 5.81. The minimum atomic E-state index is 0.205. The first-order valence-corrected chi connectivity index (χ1v) is 7.84. The number of hydrogen-bond acceptors (Lipinski definition) is 5. The maximum atomic E-state index is 9.54. The van der Waals surface area contributed by atoms with Gasteiger partial charge in [-0.05, 0) is 36.2 Å². The Morgan fingerprint density at radius 3 is 2.64 bits per heavy atom.